The standard InChI is InChI=1S/C37H47F2N7O7S/c1-23-19-29-35(41-34(23)52-16-14-44-10-6-7-11-44)53-18-17-51-15-8-12-45(54(29,49)50)22-26-20-28(40-21-24(26)2)30(37(4,5)36(47)48)27-9-13-46-32(25(27)3)42-43-33(46)31(38)39/h9,13,19-21,30-31H,6-8,10-12,14-18,22H2,1-5H3,(H,47,48)/t30-/m0/s1. The molecule has 1 N–H and O–H groups in total. The molecule has 6 heterocycles. The number of nitrogens with zero attached hydrogens (tertiary/aromatic N) is 7. The zero-order valence-corrected chi connectivity index (χ0v) is 32.0. The number of alkyl halides is 2. The number of aliphatic carboxylic acids is 1. The van der Waals surface area contributed by atoms with Crippen molar-refractivity contribution in [1.82, 2.24) is 33.8 Å². The molecule has 2 aliphatic rings. The van der Waals surface area contributed by atoms with E-state index in [0.717, 1.165) is 32.5 Å². The lowest BCUT2D eigenvalue weighted by atomic mass is 9.71. The first-order chi connectivity index (χ1) is 25.7. The van der Waals surface area contributed by atoms with Gasteiger partial charge in [-0.2, -0.15) is 9.29 Å². The van der Waals surface area contributed by atoms with E-state index in [0.29, 0.717) is 59.0 Å². The Morgan fingerprint density at radius 3 is 2.52 bits per heavy atom. The molecule has 0 bridgehead atoms. The molecule has 1 saturated heterocycles. The van der Waals surface area contributed by atoms with Crippen molar-refractivity contribution in [3.8, 4) is 11.8 Å². The van der Waals surface area contributed by atoms with Gasteiger partial charge in [0.1, 0.15) is 18.1 Å². The van der Waals surface area contributed by atoms with Crippen LogP contribution >= 0.6 is 0 Å². The number of rotatable bonds is 11. The van der Waals surface area contributed by atoms with E-state index >= 15 is 0 Å². The van der Waals surface area contributed by atoms with Gasteiger partial charge in [0.05, 0.1) is 12.0 Å². The summed E-state index contributed by atoms with van der Waals surface area (Å²) in [4.78, 5) is 24.2. The molecule has 0 unspecified atom stereocenters. The number of sulfonamides is 1. The number of halogens is 2. The smallest absolute Gasteiger partial charge is 0.310 e. The van der Waals surface area contributed by atoms with Crippen LogP contribution in [0.4, 0.5) is 8.78 Å². The van der Waals surface area contributed by atoms with Gasteiger partial charge >= 0.3 is 5.97 Å². The third-order valence-corrected chi connectivity index (χ3v) is 12.1. The van der Waals surface area contributed by atoms with Crippen LogP contribution in [0.3, 0.4) is 0 Å². The van der Waals surface area contributed by atoms with Crippen LogP contribution in [-0.2, 0) is 26.1 Å². The van der Waals surface area contributed by atoms with Crippen molar-refractivity contribution in [1.29, 1.82) is 0 Å². The van der Waals surface area contributed by atoms with Gasteiger partial charge in [0.25, 0.3) is 6.43 Å². The number of carboxylic acid groups (broad SMARTS) is 1. The number of carbonyl (C=O) groups is 1. The quantitative estimate of drug-likeness (QED) is 0.216. The first-order valence-corrected chi connectivity index (χ1v) is 19.5. The second-order valence-corrected chi connectivity index (χ2v) is 16.3. The molecule has 0 aromatic carbocycles. The summed E-state index contributed by atoms with van der Waals surface area (Å²) in [7, 11) is -4.22. The Hall–Kier alpha value is -4.32. The molecule has 4 aromatic heterocycles. The van der Waals surface area contributed by atoms with Crippen LogP contribution < -0.4 is 9.47 Å². The molecule has 54 heavy (non-hydrogen) atoms. The highest BCUT2D eigenvalue weighted by Crippen LogP contribution is 2.43. The van der Waals surface area contributed by atoms with Crippen LogP contribution in [0.25, 0.3) is 5.65 Å². The highest BCUT2D eigenvalue weighted by Gasteiger charge is 2.41. The summed E-state index contributed by atoms with van der Waals surface area (Å²) in [6, 6.07) is 4.84. The SMILES string of the molecule is Cc1cnc([C@H](c2ccn3c(C(F)F)nnc3c2C)C(C)(C)C(=O)O)cc1CN1CCCOCCOc2nc(OCCN3CCCC3)c(C)cc2S1(=O)=O. The Kier molecular flexibility index (Phi) is 11.8. The predicted molar refractivity (Wildman–Crippen MR) is 194 cm³/mol. The second kappa shape index (κ2) is 16.2. The van der Waals surface area contributed by atoms with Crippen LogP contribution in [0.15, 0.2) is 35.5 Å². The van der Waals surface area contributed by atoms with Crippen LogP contribution in [0.2, 0.25) is 0 Å². The third kappa shape index (κ3) is 8.04. The largest absolute Gasteiger partial charge is 0.481 e. The van der Waals surface area contributed by atoms with Crippen molar-refractivity contribution in [2.45, 2.75) is 77.7 Å². The summed E-state index contributed by atoms with van der Waals surface area (Å²) in [5.74, 6) is -2.29. The highest BCUT2D eigenvalue weighted by atomic mass is 32.2. The van der Waals surface area contributed by atoms with Gasteiger partial charge in [0.2, 0.25) is 27.6 Å². The fourth-order valence-electron chi connectivity index (χ4n) is 7.05. The van der Waals surface area contributed by atoms with Gasteiger partial charge in [0, 0.05) is 55.8 Å². The Labute approximate surface area is 313 Å². The van der Waals surface area contributed by atoms with E-state index in [9.17, 15) is 27.1 Å². The zero-order chi connectivity index (χ0) is 38.8. The molecule has 4 aromatic rings. The van der Waals surface area contributed by atoms with Gasteiger partial charge < -0.3 is 19.3 Å². The van der Waals surface area contributed by atoms with Gasteiger partial charge in [-0.1, -0.05) is 0 Å². The van der Waals surface area contributed by atoms with E-state index in [1.54, 1.807) is 52.9 Å². The Balaban J connectivity index is 1.37. The van der Waals surface area contributed by atoms with Crippen molar-refractivity contribution in [3.05, 3.63) is 69.9 Å². The van der Waals surface area contributed by atoms with Gasteiger partial charge in [-0.05, 0) is 107 Å². The van der Waals surface area contributed by atoms with E-state index < -0.39 is 39.6 Å². The fourth-order valence-corrected chi connectivity index (χ4v) is 8.66. The van der Waals surface area contributed by atoms with E-state index in [2.05, 4.69) is 25.1 Å². The molecule has 0 spiro atoms. The number of aromatic nitrogens is 5. The lowest BCUT2D eigenvalue weighted by Gasteiger charge is -2.32. The van der Waals surface area contributed by atoms with E-state index in [1.165, 1.54) is 21.0 Å². The maximum atomic E-state index is 14.6. The molecule has 14 nitrogen and oxygen atoms in total. The summed E-state index contributed by atoms with van der Waals surface area (Å²) < 4.78 is 76.7. The van der Waals surface area contributed by atoms with Crippen LogP contribution in [0, 0.1) is 26.2 Å². The predicted octanol–water partition coefficient (Wildman–Crippen LogP) is 5.09. The maximum absolute atomic E-state index is 14.6. The fraction of sp³-hybridized carbons (Fsp3) is 0.541. The normalized spacial score (nSPS) is 17.9. The van der Waals surface area contributed by atoms with Gasteiger partial charge in [-0.25, -0.2) is 17.2 Å². The number of carboxylic acids is 1. The molecular weight excluding hydrogens is 725 g/mol. The zero-order valence-electron chi connectivity index (χ0n) is 31.2. The molecule has 0 radical (unpaired) electrons. The summed E-state index contributed by atoms with van der Waals surface area (Å²) in [5, 5.41) is 18.1. The molecule has 17 heteroatoms. The molecule has 292 valence electrons. The van der Waals surface area contributed by atoms with Crippen LogP contribution in [0.1, 0.15) is 84.8 Å². The Bertz CT molecular complexity index is 2110. The highest BCUT2D eigenvalue weighted by molar-refractivity contribution is 7.89. The lowest BCUT2D eigenvalue weighted by molar-refractivity contribution is -0.147. The van der Waals surface area contributed by atoms with Crippen molar-refractivity contribution >= 4 is 21.6 Å². The van der Waals surface area contributed by atoms with Gasteiger partial charge in [-0.15, -0.1) is 10.2 Å². The minimum Gasteiger partial charge on any atom is -0.481 e. The topological polar surface area (TPSA) is 162 Å². The van der Waals surface area contributed by atoms with Crippen LogP contribution in [0.5, 0.6) is 11.8 Å². The summed E-state index contributed by atoms with van der Waals surface area (Å²) >= 11 is 0. The second-order valence-electron chi connectivity index (χ2n) is 14.4. The number of likely N-dealkylation sites (tertiary alicyclic amines) is 1. The number of hydrogen-bond donors (Lipinski definition) is 1. The maximum Gasteiger partial charge on any atom is 0.310 e. The van der Waals surface area contributed by atoms with Crippen LogP contribution in [-0.4, -0.2) is 106 Å². The Morgan fingerprint density at radius 1 is 1.04 bits per heavy atom. The van der Waals surface area contributed by atoms with Gasteiger partial charge in [0.15, 0.2) is 5.65 Å². The number of ether oxygens (including phenoxy) is 3. The molecular formula is C37H47F2N7O7S. The average molecular weight is 772 g/mol. The molecule has 0 aliphatic carbocycles. The lowest BCUT2D eigenvalue weighted by Crippen LogP contribution is -2.34. The molecule has 0 saturated carbocycles. The van der Waals surface area contributed by atoms with E-state index in [4.69, 9.17) is 14.2 Å². The Morgan fingerprint density at radius 2 is 1.80 bits per heavy atom. The summed E-state index contributed by atoms with van der Waals surface area (Å²) in [6.07, 6.45) is 2.86. The minimum atomic E-state index is -4.22. The number of pyridine rings is 3. The first kappa shape index (κ1) is 39.4. The van der Waals surface area contributed by atoms with Crippen molar-refractivity contribution < 1.29 is 41.3 Å². The van der Waals surface area contributed by atoms with Crippen molar-refractivity contribution in [3.63, 3.8) is 0 Å². The number of fused-ring (bicyclic) bond motifs is 2. The van der Waals surface area contributed by atoms with Gasteiger partial charge in [-0.3, -0.25) is 19.1 Å². The molecule has 2 aliphatic heterocycles. The number of aryl methyl sites for hydroxylation is 3. The molecule has 1 atom stereocenters. The minimum absolute atomic E-state index is 0.0722. The molecule has 6 rings (SSSR count). The van der Waals surface area contributed by atoms with E-state index in [1.807, 2.05) is 0 Å². The average Bonchev–Trinajstić information content (AvgIpc) is 3.81. The first-order valence-electron chi connectivity index (χ1n) is 18.1. The number of hydrogen-bond acceptors (Lipinski definition) is 11. The monoisotopic (exact) mass is 771 g/mol. The summed E-state index contributed by atoms with van der Waals surface area (Å²) in [5.41, 5.74) is 1.90. The molecule has 1 fully saturated rings. The van der Waals surface area contributed by atoms with Crippen molar-refractivity contribution in [2.24, 2.45) is 5.41 Å². The van der Waals surface area contributed by atoms with Crippen molar-refractivity contribution in [2.75, 3.05) is 52.6 Å². The molecule has 0 amide bonds. The summed E-state index contributed by atoms with van der Waals surface area (Å²) in [6.45, 7) is 12.2. The van der Waals surface area contributed by atoms with E-state index in [-0.39, 0.29) is 42.7 Å². The third-order valence-electron chi connectivity index (χ3n) is 10.3.